The van der Waals surface area contributed by atoms with Gasteiger partial charge in [0, 0.05) is 5.39 Å². The molecule has 2 N–H and O–H groups in total. The first-order valence-electron chi connectivity index (χ1n) is 4.84. The largest absolute Gasteiger partial charge is 0.367 e. The van der Waals surface area contributed by atoms with Crippen molar-refractivity contribution in [3.63, 3.8) is 0 Å². The molecule has 4 nitrogen and oxygen atoms in total. The third-order valence-corrected chi connectivity index (χ3v) is 2.76. The molecule has 2 heterocycles. The fourth-order valence-corrected chi connectivity index (χ4v) is 1.97. The van der Waals surface area contributed by atoms with Gasteiger partial charge in [0.2, 0.25) is 0 Å². The topological polar surface area (TPSA) is 49.5 Å². The average Bonchev–Trinajstić information content (AvgIpc) is 2.60. The lowest BCUT2D eigenvalue weighted by molar-refractivity contribution is 0.179. The van der Waals surface area contributed by atoms with Crippen LogP contribution in [-0.4, -0.2) is 16.1 Å². The van der Waals surface area contributed by atoms with E-state index in [0.29, 0.717) is 0 Å². The zero-order chi connectivity index (χ0) is 10.4. The van der Waals surface area contributed by atoms with Crippen molar-refractivity contribution in [3.8, 4) is 0 Å². The van der Waals surface area contributed by atoms with Crippen LogP contribution in [0.25, 0.3) is 10.9 Å². The maximum atomic E-state index is 9.69. The minimum Gasteiger partial charge on any atom is -0.367 e. The van der Waals surface area contributed by atoms with Crippen LogP contribution in [0, 0.1) is 6.92 Å². The summed E-state index contributed by atoms with van der Waals surface area (Å²) in [5.41, 5.74) is 6.05. The van der Waals surface area contributed by atoms with Crippen molar-refractivity contribution < 1.29 is 5.11 Å². The van der Waals surface area contributed by atoms with Crippen LogP contribution in [0.5, 0.6) is 0 Å². The van der Waals surface area contributed by atoms with Crippen LogP contribution in [0.2, 0.25) is 0 Å². The van der Waals surface area contributed by atoms with Crippen LogP contribution < -0.4 is 5.43 Å². The second kappa shape index (κ2) is 2.84. The molecule has 0 saturated heterocycles. The number of aryl methyl sites for hydroxylation is 1. The molecule has 0 saturated carbocycles. The average molecular weight is 201 g/mol. The van der Waals surface area contributed by atoms with Crippen molar-refractivity contribution >= 4 is 17.2 Å². The first-order chi connectivity index (χ1) is 7.27. The highest BCUT2D eigenvalue weighted by Gasteiger charge is 2.18. The molecule has 1 aliphatic heterocycles. The van der Waals surface area contributed by atoms with Gasteiger partial charge in [-0.1, -0.05) is 12.1 Å². The smallest absolute Gasteiger partial charge is 0.190 e. The number of benzene rings is 1. The summed E-state index contributed by atoms with van der Waals surface area (Å²) in [7, 11) is 0. The summed E-state index contributed by atoms with van der Waals surface area (Å²) < 4.78 is 1.86. The molecule has 0 radical (unpaired) electrons. The summed E-state index contributed by atoms with van der Waals surface area (Å²) in [4.78, 5) is 3.89. The zero-order valence-electron chi connectivity index (χ0n) is 8.31. The van der Waals surface area contributed by atoms with Gasteiger partial charge in [0.1, 0.15) is 6.34 Å². The van der Waals surface area contributed by atoms with E-state index in [1.807, 2.05) is 22.9 Å². The van der Waals surface area contributed by atoms with Crippen molar-refractivity contribution in [2.75, 3.05) is 5.43 Å². The minimum atomic E-state index is -0.766. The Morgan fingerprint density at radius 2 is 2.33 bits per heavy atom. The molecule has 0 spiro atoms. The van der Waals surface area contributed by atoms with Gasteiger partial charge in [0.05, 0.1) is 11.2 Å². The van der Waals surface area contributed by atoms with Crippen molar-refractivity contribution in [2.45, 2.75) is 13.2 Å². The highest BCUT2D eigenvalue weighted by Crippen LogP contribution is 2.27. The van der Waals surface area contributed by atoms with Gasteiger partial charge in [-0.25, -0.2) is 4.99 Å². The molecule has 0 aliphatic carbocycles. The normalized spacial score (nSPS) is 18.9. The quantitative estimate of drug-likeness (QED) is 0.679. The maximum absolute atomic E-state index is 9.69. The molecule has 0 amide bonds. The Hall–Kier alpha value is -1.81. The van der Waals surface area contributed by atoms with Gasteiger partial charge in [-0.05, 0) is 24.6 Å². The van der Waals surface area contributed by atoms with Crippen molar-refractivity contribution in [1.29, 1.82) is 0 Å². The van der Waals surface area contributed by atoms with E-state index in [-0.39, 0.29) is 0 Å². The SMILES string of the molecule is Cc1cccc2c1cc1n2NC=NC1O. The molecule has 1 aromatic carbocycles. The maximum Gasteiger partial charge on any atom is 0.190 e. The Morgan fingerprint density at radius 3 is 3.20 bits per heavy atom. The molecule has 2 aromatic rings. The zero-order valence-corrected chi connectivity index (χ0v) is 8.31. The lowest BCUT2D eigenvalue weighted by atomic mass is 10.1. The van der Waals surface area contributed by atoms with Gasteiger partial charge in [-0.2, -0.15) is 0 Å². The molecule has 1 aromatic heterocycles. The third kappa shape index (κ3) is 1.08. The molecule has 0 fully saturated rings. The minimum absolute atomic E-state index is 0.766. The Labute approximate surface area is 86.8 Å². The van der Waals surface area contributed by atoms with Crippen molar-refractivity contribution in [2.24, 2.45) is 4.99 Å². The number of aromatic nitrogens is 1. The van der Waals surface area contributed by atoms with Gasteiger partial charge >= 0.3 is 0 Å². The van der Waals surface area contributed by atoms with E-state index < -0.39 is 6.23 Å². The Morgan fingerprint density at radius 1 is 1.47 bits per heavy atom. The number of hydrogen-bond donors (Lipinski definition) is 2. The molecule has 1 unspecified atom stereocenters. The van der Waals surface area contributed by atoms with Crippen molar-refractivity contribution in [1.82, 2.24) is 4.68 Å². The van der Waals surface area contributed by atoms with Crippen LogP contribution in [-0.2, 0) is 0 Å². The standard InChI is InChI=1S/C11H11N3O/c1-7-3-2-4-9-8(7)5-10-11(15)12-6-13-14(9)10/h2-6,11,15H,1H3,(H,12,13). The number of aliphatic imine (C=N–C) groups is 1. The molecule has 76 valence electrons. The van der Waals surface area contributed by atoms with E-state index in [2.05, 4.69) is 23.4 Å². The molecule has 1 aliphatic rings. The first kappa shape index (κ1) is 8.49. The molecule has 3 rings (SSSR count). The second-order valence-electron chi connectivity index (χ2n) is 3.69. The van der Waals surface area contributed by atoms with E-state index >= 15 is 0 Å². The van der Waals surface area contributed by atoms with Crippen LogP contribution in [0.3, 0.4) is 0 Å². The van der Waals surface area contributed by atoms with Gasteiger partial charge < -0.3 is 5.11 Å². The lowest BCUT2D eigenvalue weighted by Gasteiger charge is -2.16. The van der Waals surface area contributed by atoms with E-state index in [1.165, 1.54) is 11.9 Å². The number of aliphatic hydroxyl groups is 1. The van der Waals surface area contributed by atoms with Crippen LogP contribution in [0.1, 0.15) is 17.5 Å². The number of nitrogens with zero attached hydrogens (tertiary/aromatic N) is 2. The summed E-state index contributed by atoms with van der Waals surface area (Å²) in [6.45, 7) is 2.06. The fourth-order valence-electron chi connectivity index (χ4n) is 1.97. The molecule has 4 heteroatoms. The summed E-state index contributed by atoms with van der Waals surface area (Å²) in [6, 6.07) is 8.05. The van der Waals surface area contributed by atoms with E-state index in [9.17, 15) is 5.11 Å². The molecule has 0 bridgehead atoms. The number of rotatable bonds is 0. The predicted molar refractivity (Wildman–Crippen MR) is 59.5 cm³/mol. The molecule has 1 atom stereocenters. The number of fused-ring (bicyclic) bond motifs is 3. The molecule has 15 heavy (non-hydrogen) atoms. The Balaban J connectivity index is 2.38. The van der Waals surface area contributed by atoms with Gasteiger partial charge in [-0.3, -0.25) is 10.1 Å². The van der Waals surface area contributed by atoms with E-state index in [4.69, 9.17) is 0 Å². The summed E-state index contributed by atoms with van der Waals surface area (Å²) in [5, 5.41) is 10.8. The highest BCUT2D eigenvalue weighted by atomic mass is 16.3. The number of aliphatic hydroxyl groups excluding tert-OH is 1. The predicted octanol–water partition coefficient (Wildman–Crippen LogP) is 1.53. The van der Waals surface area contributed by atoms with Gasteiger partial charge in [0.15, 0.2) is 6.23 Å². The number of nitrogens with one attached hydrogen (secondary N) is 1. The summed E-state index contributed by atoms with van der Waals surface area (Å²) in [6.07, 6.45) is 0.748. The van der Waals surface area contributed by atoms with Gasteiger partial charge in [0.25, 0.3) is 0 Å². The lowest BCUT2D eigenvalue weighted by Crippen LogP contribution is -2.21. The third-order valence-electron chi connectivity index (χ3n) is 2.76. The molecular weight excluding hydrogens is 190 g/mol. The summed E-state index contributed by atoms with van der Waals surface area (Å²) >= 11 is 0. The van der Waals surface area contributed by atoms with E-state index in [0.717, 1.165) is 16.6 Å². The van der Waals surface area contributed by atoms with Crippen LogP contribution >= 0.6 is 0 Å². The Kier molecular flexibility index (Phi) is 1.61. The Bertz CT molecular complexity index is 556. The molecular formula is C11H11N3O. The first-order valence-corrected chi connectivity index (χ1v) is 4.84. The fraction of sp³-hybridized carbons (Fsp3) is 0.182. The highest BCUT2D eigenvalue weighted by molar-refractivity contribution is 5.87. The van der Waals surface area contributed by atoms with Gasteiger partial charge in [-0.15, -0.1) is 0 Å². The van der Waals surface area contributed by atoms with Crippen LogP contribution in [0.15, 0.2) is 29.3 Å². The second-order valence-corrected chi connectivity index (χ2v) is 3.69. The van der Waals surface area contributed by atoms with Crippen LogP contribution in [0.4, 0.5) is 0 Å². The monoisotopic (exact) mass is 201 g/mol. The summed E-state index contributed by atoms with van der Waals surface area (Å²) in [5.74, 6) is 0. The number of hydrogen-bond acceptors (Lipinski definition) is 3. The van der Waals surface area contributed by atoms with E-state index in [1.54, 1.807) is 0 Å². The van der Waals surface area contributed by atoms with Crippen molar-refractivity contribution in [3.05, 3.63) is 35.5 Å².